The van der Waals surface area contributed by atoms with E-state index in [0.29, 0.717) is 5.54 Å². The summed E-state index contributed by atoms with van der Waals surface area (Å²) in [5.74, 6) is 0. The summed E-state index contributed by atoms with van der Waals surface area (Å²) >= 11 is 0. The second-order valence-corrected chi connectivity index (χ2v) is 11.5. The van der Waals surface area contributed by atoms with Crippen molar-refractivity contribution in [2.24, 2.45) is 0 Å². The van der Waals surface area contributed by atoms with E-state index in [9.17, 15) is 0 Å². The Morgan fingerprint density at radius 3 is 0.969 bits per heavy atom. The van der Waals surface area contributed by atoms with E-state index in [1.165, 1.54) is 159 Å². The summed E-state index contributed by atoms with van der Waals surface area (Å²) in [5, 5.41) is 0. The third kappa shape index (κ3) is 15.0. The maximum absolute atomic E-state index is 2.57. The highest BCUT2D eigenvalue weighted by atomic mass is 15.4. The zero-order valence-electron chi connectivity index (χ0n) is 23.9. The summed E-state index contributed by atoms with van der Waals surface area (Å²) in [4.78, 5) is 0. The Bertz CT molecular complexity index is 351. The lowest BCUT2D eigenvalue weighted by molar-refractivity contribution is -0.944. The average molecular weight is 453 g/mol. The zero-order valence-corrected chi connectivity index (χ0v) is 23.9. The van der Waals surface area contributed by atoms with E-state index in [1.54, 1.807) is 0 Å². The first-order chi connectivity index (χ1) is 15.5. The Morgan fingerprint density at radius 2 is 0.656 bits per heavy atom. The van der Waals surface area contributed by atoms with Gasteiger partial charge in [-0.05, 0) is 32.1 Å². The monoisotopic (exact) mass is 453 g/mol. The normalized spacial score (nSPS) is 12.6. The van der Waals surface area contributed by atoms with Crippen LogP contribution in [0, 0.1) is 0 Å². The first-order valence-corrected chi connectivity index (χ1v) is 15.3. The van der Waals surface area contributed by atoms with Gasteiger partial charge in [-0.2, -0.15) is 0 Å². The molecule has 0 aromatic rings. The minimum absolute atomic E-state index is 0.526. The molecule has 194 valence electrons. The van der Waals surface area contributed by atoms with Crippen LogP contribution in [0.2, 0.25) is 0 Å². The molecule has 0 aromatic carbocycles. The van der Waals surface area contributed by atoms with Crippen LogP contribution in [-0.2, 0) is 0 Å². The molecule has 0 rings (SSSR count). The molecule has 0 heterocycles. The number of nitrogens with zero attached hydrogens (tertiary/aromatic N) is 1. The van der Waals surface area contributed by atoms with Gasteiger partial charge >= 0.3 is 0 Å². The molecule has 0 N–H and O–H groups in total. The van der Waals surface area contributed by atoms with E-state index in [-0.39, 0.29) is 0 Å². The van der Waals surface area contributed by atoms with E-state index in [0.717, 1.165) is 0 Å². The number of rotatable bonds is 25. The van der Waals surface area contributed by atoms with Gasteiger partial charge in [0.05, 0.1) is 26.2 Å². The molecule has 0 aromatic heterocycles. The molecular weight excluding hydrogens is 386 g/mol. The van der Waals surface area contributed by atoms with Gasteiger partial charge in [0.1, 0.15) is 0 Å². The fourth-order valence-corrected chi connectivity index (χ4v) is 5.74. The molecule has 32 heavy (non-hydrogen) atoms. The van der Waals surface area contributed by atoms with E-state index in [2.05, 4.69) is 41.8 Å². The van der Waals surface area contributed by atoms with Gasteiger partial charge in [0.25, 0.3) is 0 Å². The Hall–Kier alpha value is -0.0400. The van der Waals surface area contributed by atoms with Crippen LogP contribution in [0.1, 0.15) is 175 Å². The Kier molecular flexibility index (Phi) is 21.5. The van der Waals surface area contributed by atoms with Crippen LogP contribution >= 0.6 is 0 Å². The van der Waals surface area contributed by atoms with E-state index < -0.39 is 0 Å². The number of hydrogen-bond donors (Lipinski definition) is 0. The van der Waals surface area contributed by atoms with Crippen LogP contribution in [0.5, 0.6) is 0 Å². The predicted molar refractivity (Wildman–Crippen MR) is 149 cm³/mol. The van der Waals surface area contributed by atoms with E-state index in [4.69, 9.17) is 0 Å². The topological polar surface area (TPSA) is 0 Å². The molecule has 0 saturated heterocycles. The fourth-order valence-electron chi connectivity index (χ4n) is 5.74. The van der Waals surface area contributed by atoms with Crippen molar-refractivity contribution >= 4 is 0 Å². The van der Waals surface area contributed by atoms with Crippen LogP contribution in [0.4, 0.5) is 0 Å². The van der Waals surface area contributed by atoms with Crippen molar-refractivity contribution in [1.82, 2.24) is 0 Å². The second kappa shape index (κ2) is 21.5. The molecule has 0 spiro atoms. The maximum atomic E-state index is 2.57. The molecule has 0 aliphatic carbocycles. The highest BCUT2D eigenvalue weighted by Crippen LogP contribution is 2.37. The lowest BCUT2D eigenvalue weighted by Crippen LogP contribution is -2.60. The fraction of sp³-hybridized carbons (Fsp3) is 1.00. The van der Waals surface area contributed by atoms with Crippen LogP contribution in [0.3, 0.4) is 0 Å². The summed E-state index contributed by atoms with van der Waals surface area (Å²) in [5.41, 5.74) is 0.526. The largest absolute Gasteiger partial charge is 0.324 e. The first-order valence-electron chi connectivity index (χ1n) is 15.3. The number of hydrogen-bond acceptors (Lipinski definition) is 0. The SMILES string of the molecule is CCCCCCCCCCCCCCCC[N+](C)(C)C(CCCC)(CCCC)CCCC. The average Bonchev–Trinajstić information content (AvgIpc) is 2.78. The van der Waals surface area contributed by atoms with Gasteiger partial charge in [-0.3, -0.25) is 0 Å². The standard InChI is InChI=1S/C31H66N/c1-7-11-15-16-17-18-19-20-21-22-23-24-25-26-30-32(5,6)31(27-12-8-2,28-13-9-3)29-14-10-4/h7-30H2,1-6H3/q+1. The first kappa shape index (κ1) is 32.0. The summed E-state index contributed by atoms with van der Waals surface area (Å²) in [6.45, 7) is 10.8. The molecule has 0 aliphatic rings. The van der Waals surface area contributed by atoms with Crippen molar-refractivity contribution < 1.29 is 4.48 Å². The van der Waals surface area contributed by atoms with Gasteiger partial charge in [0.15, 0.2) is 0 Å². The molecule has 1 nitrogen and oxygen atoms in total. The quantitative estimate of drug-likeness (QED) is 0.0954. The van der Waals surface area contributed by atoms with Crippen LogP contribution in [0.15, 0.2) is 0 Å². The number of unbranched alkanes of at least 4 members (excludes halogenated alkanes) is 16. The Morgan fingerprint density at radius 1 is 0.375 bits per heavy atom. The highest BCUT2D eigenvalue weighted by molar-refractivity contribution is 4.81. The lowest BCUT2D eigenvalue weighted by atomic mass is 9.79. The third-order valence-electron chi connectivity index (χ3n) is 8.34. The smallest absolute Gasteiger partial charge is 0.0988 e. The lowest BCUT2D eigenvalue weighted by Gasteiger charge is -2.50. The van der Waals surface area contributed by atoms with Crippen molar-refractivity contribution in [1.29, 1.82) is 0 Å². The third-order valence-corrected chi connectivity index (χ3v) is 8.34. The molecule has 0 aliphatic heterocycles. The maximum Gasteiger partial charge on any atom is 0.0988 e. The van der Waals surface area contributed by atoms with Crippen molar-refractivity contribution in [3.05, 3.63) is 0 Å². The van der Waals surface area contributed by atoms with Crippen molar-refractivity contribution in [2.75, 3.05) is 20.6 Å². The zero-order chi connectivity index (χ0) is 24.0. The van der Waals surface area contributed by atoms with Crippen molar-refractivity contribution in [3.63, 3.8) is 0 Å². The van der Waals surface area contributed by atoms with E-state index >= 15 is 0 Å². The Labute approximate surface area is 206 Å². The second-order valence-electron chi connectivity index (χ2n) is 11.5. The van der Waals surface area contributed by atoms with Crippen LogP contribution < -0.4 is 0 Å². The van der Waals surface area contributed by atoms with Crippen LogP contribution in [0.25, 0.3) is 0 Å². The molecule has 0 amide bonds. The van der Waals surface area contributed by atoms with Gasteiger partial charge in [0, 0.05) is 19.3 Å². The minimum Gasteiger partial charge on any atom is -0.324 e. The molecule has 0 unspecified atom stereocenters. The number of quaternary nitrogens is 1. The van der Waals surface area contributed by atoms with Gasteiger partial charge in [-0.1, -0.05) is 124 Å². The molecule has 0 saturated carbocycles. The minimum atomic E-state index is 0.526. The molecule has 0 fully saturated rings. The van der Waals surface area contributed by atoms with Gasteiger partial charge in [0.2, 0.25) is 0 Å². The summed E-state index contributed by atoms with van der Waals surface area (Å²) in [6, 6.07) is 0. The summed E-state index contributed by atoms with van der Waals surface area (Å²) in [7, 11) is 5.15. The molecular formula is C31H66N+. The van der Waals surface area contributed by atoms with Crippen molar-refractivity contribution in [3.8, 4) is 0 Å². The highest BCUT2D eigenvalue weighted by Gasteiger charge is 2.43. The van der Waals surface area contributed by atoms with E-state index in [1.807, 2.05) is 0 Å². The predicted octanol–water partition coefficient (Wildman–Crippen LogP) is 10.9. The van der Waals surface area contributed by atoms with Crippen molar-refractivity contribution in [2.45, 2.75) is 181 Å². The van der Waals surface area contributed by atoms with Gasteiger partial charge < -0.3 is 4.48 Å². The van der Waals surface area contributed by atoms with Gasteiger partial charge in [-0.15, -0.1) is 0 Å². The van der Waals surface area contributed by atoms with Gasteiger partial charge in [-0.25, -0.2) is 0 Å². The molecule has 1 heteroatoms. The molecule has 0 radical (unpaired) electrons. The summed E-state index contributed by atoms with van der Waals surface area (Å²) in [6.07, 6.45) is 33.0. The molecule has 0 atom stereocenters. The molecule has 0 bridgehead atoms. The summed E-state index contributed by atoms with van der Waals surface area (Å²) < 4.78 is 1.27. The van der Waals surface area contributed by atoms with Crippen LogP contribution in [-0.4, -0.2) is 30.7 Å². The Balaban J connectivity index is 4.13.